The second kappa shape index (κ2) is 12.8. The maximum Gasteiger partial charge on any atom is 0.179 e. The lowest BCUT2D eigenvalue weighted by Gasteiger charge is -2.35. The fourth-order valence-electron chi connectivity index (χ4n) is 8.45. The monoisotopic (exact) mass is 693 g/mol. The molecule has 0 radical (unpaired) electrons. The molecule has 0 atom stereocenters. The molecule has 0 amide bonds. The van der Waals surface area contributed by atoms with Crippen LogP contribution in [-0.2, 0) is 0 Å². The first-order valence-electron chi connectivity index (χ1n) is 18.2. The molecule has 0 fully saturated rings. The molecule has 0 bridgehead atoms. The van der Waals surface area contributed by atoms with Crippen LogP contribution in [0.15, 0.2) is 217 Å². The Bertz CT molecular complexity index is 2780. The van der Waals surface area contributed by atoms with Crippen molar-refractivity contribution in [2.75, 3.05) is 4.90 Å². The highest BCUT2D eigenvalue weighted by Crippen LogP contribution is 2.45. The standard InChI is InChI=1S/C50H35NOSi/c1-4-19-38(20-5-1)53(39-21-6-2-7-22-39,40-23-8-3-9-24-40)41-33-31-37(32-34-41)51(47-29-16-18-36-17-10-11-25-42(36)47)48-35-46-44-27-14-15-30-49(44)52-50(46)45-28-13-12-26-43(45)48/h1-35H. The third kappa shape index (κ3) is 5.01. The molecule has 0 aliphatic heterocycles. The molecule has 0 spiro atoms. The maximum absolute atomic E-state index is 6.55. The van der Waals surface area contributed by atoms with Crippen molar-refractivity contribution in [2.45, 2.75) is 0 Å². The number of rotatable bonds is 7. The fourth-order valence-corrected chi connectivity index (χ4v) is 13.2. The second-order valence-electron chi connectivity index (χ2n) is 13.6. The summed E-state index contributed by atoms with van der Waals surface area (Å²) in [5, 5.41) is 12.3. The minimum absolute atomic E-state index is 0.898. The van der Waals surface area contributed by atoms with Crippen LogP contribution in [0.3, 0.4) is 0 Å². The summed E-state index contributed by atoms with van der Waals surface area (Å²) in [4.78, 5) is 2.45. The van der Waals surface area contributed by atoms with Crippen LogP contribution in [0.4, 0.5) is 17.1 Å². The second-order valence-corrected chi connectivity index (χ2v) is 17.5. The molecule has 0 saturated carbocycles. The van der Waals surface area contributed by atoms with Crippen molar-refractivity contribution in [3.8, 4) is 0 Å². The van der Waals surface area contributed by atoms with Crippen molar-refractivity contribution < 1.29 is 4.42 Å². The lowest BCUT2D eigenvalue weighted by atomic mass is 10.0. The van der Waals surface area contributed by atoms with Gasteiger partial charge in [-0.1, -0.05) is 182 Å². The molecule has 1 heterocycles. The van der Waals surface area contributed by atoms with Gasteiger partial charge < -0.3 is 9.32 Å². The van der Waals surface area contributed by atoms with Gasteiger partial charge >= 0.3 is 0 Å². The summed E-state index contributed by atoms with van der Waals surface area (Å²) in [7, 11) is -2.69. The zero-order chi connectivity index (χ0) is 35.2. The maximum atomic E-state index is 6.55. The van der Waals surface area contributed by atoms with Crippen LogP contribution in [0, 0.1) is 0 Å². The first-order chi connectivity index (χ1) is 26.3. The van der Waals surface area contributed by atoms with E-state index in [4.69, 9.17) is 4.42 Å². The summed E-state index contributed by atoms with van der Waals surface area (Å²) in [6.45, 7) is 0. The van der Waals surface area contributed by atoms with Crippen molar-refractivity contribution >= 4 is 89.4 Å². The molecule has 3 heteroatoms. The predicted molar refractivity (Wildman–Crippen MR) is 227 cm³/mol. The van der Waals surface area contributed by atoms with Crippen LogP contribution in [0.2, 0.25) is 0 Å². The lowest BCUT2D eigenvalue weighted by molar-refractivity contribution is 0.672. The predicted octanol–water partition coefficient (Wildman–Crippen LogP) is 10.7. The number of nitrogens with zero attached hydrogens (tertiary/aromatic N) is 1. The minimum Gasteiger partial charge on any atom is -0.455 e. The molecular weight excluding hydrogens is 659 g/mol. The number of anilines is 3. The van der Waals surface area contributed by atoms with E-state index < -0.39 is 8.07 Å². The van der Waals surface area contributed by atoms with Gasteiger partial charge in [0, 0.05) is 32.6 Å². The third-order valence-electron chi connectivity index (χ3n) is 10.8. The number of furan rings is 1. The molecule has 0 saturated heterocycles. The lowest BCUT2D eigenvalue weighted by Crippen LogP contribution is -2.74. The summed E-state index contributed by atoms with van der Waals surface area (Å²) in [6.07, 6.45) is 0. The zero-order valence-electron chi connectivity index (χ0n) is 29.1. The highest BCUT2D eigenvalue weighted by Gasteiger charge is 2.41. The summed E-state index contributed by atoms with van der Waals surface area (Å²) in [6, 6.07) is 77.4. The molecule has 53 heavy (non-hydrogen) atoms. The molecule has 0 aliphatic rings. The van der Waals surface area contributed by atoms with E-state index >= 15 is 0 Å². The Labute approximate surface area is 309 Å². The van der Waals surface area contributed by atoms with Crippen LogP contribution in [-0.4, -0.2) is 8.07 Å². The topological polar surface area (TPSA) is 16.4 Å². The molecule has 2 nitrogen and oxygen atoms in total. The van der Waals surface area contributed by atoms with Gasteiger partial charge in [-0.15, -0.1) is 0 Å². The highest BCUT2D eigenvalue weighted by atomic mass is 28.3. The largest absolute Gasteiger partial charge is 0.455 e. The molecule has 9 aromatic carbocycles. The first-order valence-corrected chi connectivity index (χ1v) is 20.2. The van der Waals surface area contributed by atoms with Crippen LogP contribution in [0.25, 0.3) is 43.5 Å². The van der Waals surface area contributed by atoms with Crippen molar-refractivity contribution in [3.63, 3.8) is 0 Å². The number of hydrogen-bond acceptors (Lipinski definition) is 2. The summed E-state index contributed by atoms with van der Waals surface area (Å²) in [5.41, 5.74) is 5.16. The Kier molecular flexibility index (Phi) is 7.52. The van der Waals surface area contributed by atoms with Crippen LogP contribution in [0.1, 0.15) is 0 Å². The SMILES string of the molecule is c1ccc([Si](c2ccccc2)(c2ccccc2)c2ccc(N(c3cccc4ccccc34)c3cc4c5ccccc5oc4c4ccccc34)cc2)cc1. The number of benzene rings is 9. The molecule has 10 aromatic rings. The van der Waals surface area contributed by atoms with Crippen molar-refractivity contribution in [3.05, 3.63) is 212 Å². The van der Waals surface area contributed by atoms with E-state index in [2.05, 4.69) is 211 Å². The van der Waals surface area contributed by atoms with E-state index in [0.29, 0.717) is 0 Å². The average molecular weight is 694 g/mol. The summed E-state index contributed by atoms with van der Waals surface area (Å²) >= 11 is 0. The fraction of sp³-hybridized carbons (Fsp3) is 0. The third-order valence-corrected chi connectivity index (χ3v) is 15.6. The van der Waals surface area contributed by atoms with Crippen LogP contribution >= 0.6 is 0 Å². The van der Waals surface area contributed by atoms with E-state index in [1.807, 2.05) is 6.07 Å². The van der Waals surface area contributed by atoms with E-state index in [-0.39, 0.29) is 0 Å². The normalized spacial score (nSPS) is 11.8. The number of para-hydroxylation sites is 1. The Hall–Kier alpha value is -6.68. The van der Waals surface area contributed by atoms with Crippen LogP contribution < -0.4 is 25.6 Å². The minimum atomic E-state index is -2.69. The Morgan fingerprint density at radius 2 is 0.830 bits per heavy atom. The van der Waals surface area contributed by atoms with Gasteiger partial charge in [-0.05, 0) is 56.5 Å². The molecule has 0 aliphatic carbocycles. The smallest absolute Gasteiger partial charge is 0.179 e. The van der Waals surface area contributed by atoms with Gasteiger partial charge in [0.1, 0.15) is 11.2 Å². The summed E-state index contributed by atoms with van der Waals surface area (Å²) < 4.78 is 6.55. The van der Waals surface area contributed by atoms with E-state index in [1.165, 1.54) is 31.5 Å². The van der Waals surface area contributed by atoms with Gasteiger partial charge in [0.25, 0.3) is 0 Å². The molecule has 0 unspecified atom stereocenters. The number of fused-ring (bicyclic) bond motifs is 6. The van der Waals surface area contributed by atoms with Gasteiger partial charge in [-0.3, -0.25) is 0 Å². The number of hydrogen-bond donors (Lipinski definition) is 0. The zero-order valence-corrected chi connectivity index (χ0v) is 30.1. The van der Waals surface area contributed by atoms with Crippen molar-refractivity contribution in [2.24, 2.45) is 0 Å². The van der Waals surface area contributed by atoms with E-state index in [0.717, 1.165) is 49.8 Å². The van der Waals surface area contributed by atoms with Gasteiger partial charge in [0.05, 0.1) is 11.4 Å². The first kappa shape index (κ1) is 31.1. The molecule has 0 N–H and O–H groups in total. The van der Waals surface area contributed by atoms with E-state index in [1.54, 1.807) is 0 Å². The van der Waals surface area contributed by atoms with Gasteiger partial charge in [0.2, 0.25) is 0 Å². The average Bonchev–Trinajstić information content (AvgIpc) is 3.62. The molecule has 1 aromatic heterocycles. The quantitative estimate of drug-likeness (QED) is 0.122. The Morgan fingerprint density at radius 3 is 1.47 bits per heavy atom. The van der Waals surface area contributed by atoms with Crippen LogP contribution in [0.5, 0.6) is 0 Å². The van der Waals surface area contributed by atoms with Gasteiger partial charge in [-0.25, -0.2) is 0 Å². The van der Waals surface area contributed by atoms with Gasteiger partial charge in [-0.2, -0.15) is 0 Å². The van der Waals surface area contributed by atoms with Crippen molar-refractivity contribution in [1.29, 1.82) is 0 Å². The van der Waals surface area contributed by atoms with Crippen molar-refractivity contribution in [1.82, 2.24) is 0 Å². The Balaban J connectivity index is 1.26. The summed E-state index contributed by atoms with van der Waals surface area (Å²) in [5.74, 6) is 0. The van der Waals surface area contributed by atoms with E-state index in [9.17, 15) is 0 Å². The van der Waals surface area contributed by atoms with Gasteiger partial charge in [0.15, 0.2) is 8.07 Å². The highest BCUT2D eigenvalue weighted by molar-refractivity contribution is 7.19. The molecule has 10 rings (SSSR count). The molecule has 250 valence electrons. The molecular formula is C50H35NOSi. The Morgan fingerprint density at radius 1 is 0.340 bits per heavy atom.